The Hall–Kier alpha value is -2.56. The molecule has 108 valence electrons. The minimum absolute atomic E-state index is 0.164. The van der Waals surface area contributed by atoms with Gasteiger partial charge in [0.2, 0.25) is 0 Å². The molecule has 2 aromatic carbocycles. The van der Waals surface area contributed by atoms with Gasteiger partial charge in [-0.15, -0.1) is 0 Å². The van der Waals surface area contributed by atoms with Crippen molar-refractivity contribution in [3.63, 3.8) is 0 Å². The van der Waals surface area contributed by atoms with E-state index in [4.69, 9.17) is 5.11 Å². The van der Waals surface area contributed by atoms with E-state index >= 15 is 0 Å². The molecule has 2 nitrogen and oxygen atoms in total. The number of benzene rings is 2. The summed E-state index contributed by atoms with van der Waals surface area (Å²) in [5.74, 6) is -6.25. The summed E-state index contributed by atoms with van der Waals surface area (Å²) in [5, 5.41) is 9.04. The summed E-state index contributed by atoms with van der Waals surface area (Å²) < 4.78 is 40.5. The molecule has 0 aliphatic heterocycles. The standard InChI is InChI=1S/C16H11F3O2/c1-2-3-9-4-6-10(7-5-9)13-11(16(20)21)8-12(17)14(18)15(13)19/h2-8H,1H3,(H,20,21). The molecule has 0 amide bonds. The molecule has 0 aliphatic rings. The summed E-state index contributed by atoms with van der Waals surface area (Å²) >= 11 is 0. The number of allylic oxidation sites excluding steroid dienone is 1. The van der Waals surface area contributed by atoms with Gasteiger partial charge < -0.3 is 5.11 Å². The van der Waals surface area contributed by atoms with Crippen molar-refractivity contribution in [2.75, 3.05) is 0 Å². The number of rotatable bonds is 3. The van der Waals surface area contributed by atoms with Gasteiger partial charge in [0.1, 0.15) is 0 Å². The van der Waals surface area contributed by atoms with Crippen molar-refractivity contribution in [2.45, 2.75) is 6.92 Å². The molecule has 0 radical (unpaired) electrons. The van der Waals surface area contributed by atoms with Crippen molar-refractivity contribution >= 4 is 12.0 Å². The highest BCUT2D eigenvalue weighted by molar-refractivity contribution is 5.96. The van der Waals surface area contributed by atoms with Gasteiger partial charge in [-0.05, 0) is 24.1 Å². The maximum atomic E-state index is 13.9. The summed E-state index contributed by atoms with van der Waals surface area (Å²) in [7, 11) is 0. The fourth-order valence-corrected chi connectivity index (χ4v) is 2.00. The first-order chi connectivity index (χ1) is 9.95. The molecule has 0 aliphatic carbocycles. The lowest BCUT2D eigenvalue weighted by atomic mass is 9.97. The third-order valence-corrected chi connectivity index (χ3v) is 2.95. The van der Waals surface area contributed by atoms with E-state index < -0.39 is 34.5 Å². The third kappa shape index (κ3) is 2.81. The smallest absolute Gasteiger partial charge is 0.336 e. The van der Waals surface area contributed by atoms with E-state index in [1.165, 1.54) is 12.1 Å². The van der Waals surface area contributed by atoms with Crippen molar-refractivity contribution in [3.05, 3.63) is 65.0 Å². The first-order valence-corrected chi connectivity index (χ1v) is 6.09. The Balaban J connectivity index is 2.67. The monoisotopic (exact) mass is 292 g/mol. The Morgan fingerprint density at radius 2 is 1.71 bits per heavy atom. The Kier molecular flexibility index (Phi) is 4.12. The highest BCUT2D eigenvalue weighted by Crippen LogP contribution is 2.30. The van der Waals surface area contributed by atoms with Crippen LogP contribution < -0.4 is 0 Å². The number of carbonyl (C=O) groups is 1. The van der Waals surface area contributed by atoms with E-state index in [-0.39, 0.29) is 5.56 Å². The highest BCUT2D eigenvalue weighted by Gasteiger charge is 2.23. The van der Waals surface area contributed by atoms with Crippen LogP contribution in [0.1, 0.15) is 22.8 Å². The van der Waals surface area contributed by atoms with Gasteiger partial charge in [0, 0.05) is 5.56 Å². The lowest BCUT2D eigenvalue weighted by Gasteiger charge is -2.10. The van der Waals surface area contributed by atoms with Crippen LogP contribution in [0.2, 0.25) is 0 Å². The van der Waals surface area contributed by atoms with Crippen LogP contribution >= 0.6 is 0 Å². The second kappa shape index (κ2) is 5.83. The highest BCUT2D eigenvalue weighted by atomic mass is 19.2. The average molecular weight is 292 g/mol. The van der Waals surface area contributed by atoms with Crippen LogP contribution in [0.5, 0.6) is 0 Å². The minimum Gasteiger partial charge on any atom is -0.478 e. The summed E-state index contributed by atoms with van der Waals surface area (Å²) in [6, 6.07) is 6.65. The molecule has 0 saturated heterocycles. The van der Waals surface area contributed by atoms with Crippen LogP contribution in [0, 0.1) is 17.5 Å². The van der Waals surface area contributed by atoms with Crippen molar-refractivity contribution in [1.82, 2.24) is 0 Å². The number of aromatic carboxylic acids is 1. The topological polar surface area (TPSA) is 37.3 Å². The summed E-state index contributed by atoms with van der Waals surface area (Å²) in [6.45, 7) is 1.82. The number of hydrogen-bond donors (Lipinski definition) is 1. The van der Waals surface area contributed by atoms with Crippen molar-refractivity contribution in [2.24, 2.45) is 0 Å². The van der Waals surface area contributed by atoms with Crippen LogP contribution in [-0.2, 0) is 0 Å². The lowest BCUT2D eigenvalue weighted by molar-refractivity contribution is 0.0696. The van der Waals surface area contributed by atoms with Gasteiger partial charge in [-0.2, -0.15) is 0 Å². The maximum absolute atomic E-state index is 13.9. The molecule has 0 aromatic heterocycles. The van der Waals surface area contributed by atoms with Crippen LogP contribution in [0.25, 0.3) is 17.2 Å². The number of halogens is 3. The van der Waals surface area contributed by atoms with Gasteiger partial charge in [-0.3, -0.25) is 0 Å². The quantitative estimate of drug-likeness (QED) is 0.845. The van der Waals surface area contributed by atoms with E-state index in [0.29, 0.717) is 6.07 Å². The Labute approximate surface area is 119 Å². The number of carboxylic acid groups (broad SMARTS) is 1. The summed E-state index contributed by atoms with van der Waals surface area (Å²) in [6.07, 6.45) is 3.60. The molecule has 5 heteroatoms. The van der Waals surface area contributed by atoms with Crippen molar-refractivity contribution in [1.29, 1.82) is 0 Å². The largest absolute Gasteiger partial charge is 0.478 e. The van der Waals surface area contributed by atoms with Crippen LogP contribution in [0.15, 0.2) is 36.4 Å². The van der Waals surface area contributed by atoms with Gasteiger partial charge in [-0.1, -0.05) is 36.4 Å². The van der Waals surface area contributed by atoms with Gasteiger partial charge in [0.05, 0.1) is 5.56 Å². The zero-order valence-corrected chi connectivity index (χ0v) is 11.0. The predicted molar refractivity (Wildman–Crippen MR) is 73.4 cm³/mol. The Bertz CT molecular complexity index is 719. The molecule has 2 aromatic rings. The molecule has 0 spiro atoms. The first-order valence-electron chi connectivity index (χ1n) is 6.09. The zero-order chi connectivity index (χ0) is 15.6. The third-order valence-electron chi connectivity index (χ3n) is 2.95. The van der Waals surface area contributed by atoms with Crippen LogP contribution in [-0.4, -0.2) is 11.1 Å². The van der Waals surface area contributed by atoms with Gasteiger partial charge >= 0.3 is 5.97 Å². The number of carboxylic acids is 1. The molecule has 0 heterocycles. The molecule has 0 unspecified atom stereocenters. The van der Waals surface area contributed by atoms with E-state index in [9.17, 15) is 18.0 Å². The van der Waals surface area contributed by atoms with E-state index in [1.807, 2.05) is 6.92 Å². The molecule has 0 atom stereocenters. The number of hydrogen-bond acceptors (Lipinski definition) is 1. The van der Waals surface area contributed by atoms with Gasteiger partial charge in [-0.25, -0.2) is 18.0 Å². The fourth-order valence-electron chi connectivity index (χ4n) is 2.00. The van der Waals surface area contributed by atoms with E-state index in [2.05, 4.69) is 0 Å². The Morgan fingerprint density at radius 1 is 1.10 bits per heavy atom. The molecule has 0 saturated carbocycles. The predicted octanol–water partition coefficient (Wildman–Crippen LogP) is 4.50. The second-order valence-electron chi connectivity index (χ2n) is 4.34. The zero-order valence-electron chi connectivity index (χ0n) is 11.0. The van der Waals surface area contributed by atoms with Gasteiger partial charge in [0.25, 0.3) is 0 Å². The second-order valence-corrected chi connectivity index (χ2v) is 4.34. The van der Waals surface area contributed by atoms with Crippen molar-refractivity contribution < 1.29 is 23.1 Å². The molecule has 21 heavy (non-hydrogen) atoms. The molecular weight excluding hydrogens is 281 g/mol. The minimum atomic E-state index is -1.69. The summed E-state index contributed by atoms with van der Waals surface area (Å²) in [5.41, 5.74) is -0.100. The first kappa shape index (κ1) is 14.8. The summed E-state index contributed by atoms with van der Waals surface area (Å²) in [4.78, 5) is 11.1. The molecule has 0 fully saturated rings. The van der Waals surface area contributed by atoms with E-state index in [0.717, 1.165) is 5.56 Å². The molecule has 0 bridgehead atoms. The lowest BCUT2D eigenvalue weighted by Crippen LogP contribution is -2.06. The molecule has 1 N–H and O–H groups in total. The Morgan fingerprint density at radius 3 is 2.24 bits per heavy atom. The van der Waals surface area contributed by atoms with Crippen molar-refractivity contribution in [3.8, 4) is 11.1 Å². The molecule has 2 rings (SSSR count). The SMILES string of the molecule is CC=Cc1ccc(-c2c(C(=O)O)cc(F)c(F)c2F)cc1. The fraction of sp³-hybridized carbons (Fsp3) is 0.0625. The normalized spacial score (nSPS) is 11.0. The van der Waals surface area contributed by atoms with Crippen LogP contribution in [0.4, 0.5) is 13.2 Å². The average Bonchev–Trinajstić information content (AvgIpc) is 2.46. The van der Waals surface area contributed by atoms with E-state index in [1.54, 1.807) is 24.3 Å². The maximum Gasteiger partial charge on any atom is 0.336 e. The van der Waals surface area contributed by atoms with Gasteiger partial charge in [0.15, 0.2) is 17.5 Å². The van der Waals surface area contributed by atoms with Crippen LogP contribution in [0.3, 0.4) is 0 Å². The molecular formula is C16H11F3O2.